The van der Waals surface area contributed by atoms with Gasteiger partial charge in [-0.25, -0.2) is 0 Å². The van der Waals surface area contributed by atoms with E-state index in [1.54, 1.807) is 0 Å². The summed E-state index contributed by atoms with van der Waals surface area (Å²) in [4.78, 5) is 23.2. The molecular formula is C9H17BO8P2. The van der Waals surface area contributed by atoms with Crippen LogP contribution < -0.4 is 0 Å². The van der Waals surface area contributed by atoms with Crippen molar-refractivity contribution in [1.29, 1.82) is 0 Å². The molecular weight excluding hydrogens is 309 g/mol. The molecule has 0 aromatic carbocycles. The largest absolute Gasteiger partial charge is 0.793 e. The SMILES string of the molecule is COC(C(=O)OB1OC(=O)C(P(C)(C)=O)O1)P(C)(C)=O. The summed E-state index contributed by atoms with van der Waals surface area (Å²) in [5, 5.41) is 0. The fraction of sp³-hybridized carbons (Fsp3) is 0.778. The first-order chi connectivity index (χ1) is 8.96. The van der Waals surface area contributed by atoms with Gasteiger partial charge in [0.15, 0.2) is 5.85 Å². The van der Waals surface area contributed by atoms with Crippen molar-refractivity contribution >= 4 is 33.5 Å². The van der Waals surface area contributed by atoms with Crippen LogP contribution in [0.15, 0.2) is 0 Å². The number of methoxy groups -OCH3 is 1. The van der Waals surface area contributed by atoms with E-state index in [9.17, 15) is 18.7 Å². The molecule has 1 aliphatic rings. The number of hydrogen-bond acceptors (Lipinski definition) is 8. The second-order valence-corrected chi connectivity index (χ2v) is 11.8. The van der Waals surface area contributed by atoms with Crippen LogP contribution in [-0.4, -0.2) is 64.7 Å². The van der Waals surface area contributed by atoms with Gasteiger partial charge in [0.25, 0.3) is 0 Å². The monoisotopic (exact) mass is 326 g/mol. The van der Waals surface area contributed by atoms with Gasteiger partial charge in [-0.2, -0.15) is 0 Å². The highest BCUT2D eigenvalue weighted by molar-refractivity contribution is 7.64. The fourth-order valence-corrected chi connectivity index (χ4v) is 3.59. The number of ether oxygens (including phenoxy) is 1. The molecule has 11 heteroatoms. The highest BCUT2D eigenvalue weighted by atomic mass is 31.2. The van der Waals surface area contributed by atoms with Crippen LogP contribution in [-0.2, 0) is 37.4 Å². The van der Waals surface area contributed by atoms with E-state index < -0.39 is 45.2 Å². The Morgan fingerprint density at radius 3 is 2.20 bits per heavy atom. The Morgan fingerprint density at radius 1 is 1.30 bits per heavy atom. The smallest absolute Gasteiger partial charge is 0.471 e. The predicted molar refractivity (Wildman–Crippen MR) is 72.5 cm³/mol. The third kappa shape index (κ3) is 4.19. The van der Waals surface area contributed by atoms with Crippen molar-refractivity contribution in [3.63, 3.8) is 0 Å². The van der Waals surface area contributed by atoms with Gasteiger partial charge in [0.1, 0.15) is 14.3 Å². The van der Waals surface area contributed by atoms with Crippen molar-refractivity contribution in [2.45, 2.75) is 11.7 Å². The Bertz CT molecular complexity index is 494. The van der Waals surface area contributed by atoms with Crippen LogP contribution in [0.1, 0.15) is 0 Å². The first kappa shape index (κ1) is 17.4. The minimum atomic E-state index is -2.90. The molecule has 2 unspecified atom stereocenters. The van der Waals surface area contributed by atoms with Gasteiger partial charge in [0.2, 0.25) is 5.85 Å². The summed E-state index contributed by atoms with van der Waals surface area (Å²) in [6, 6.07) is 0. The molecule has 8 nitrogen and oxygen atoms in total. The summed E-state index contributed by atoms with van der Waals surface area (Å²) in [6.07, 6.45) is 0. The van der Waals surface area contributed by atoms with Gasteiger partial charge in [-0.1, -0.05) is 0 Å². The summed E-state index contributed by atoms with van der Waals surface area (Å²) in [7, 11) is -6.18. The molecule has 20 heavy (non-hydrogen) atoms. The quantitative estimate of drug-likeness (QED) is 0.535. The standard InChI is InChI=1S/C9H17BO8P2/c1-15-8(19(2,3)13)6(11)16-10-17-7(12)9(18-10)20(4,5)14/h8-9H,1-5H3. The van der Waals surface area contributed by atoms with E-state index in [0.29, 0.717) is 0 Å². The molecule has 0 bridgehead atoms. The molecule has 0 radical (unpaired) electrons. The summed E-state index contributed by atoms with van der Waals surface area (Å²) in [5.74, 6) is -4.38. The van der Waals surface area contributed by atoms with Gasteiger partial charge in [0, 0.05) is 7.11 Å². The summed E-state index contributed by atoms with van der Waals surface area (Å²) >= 11 is 0. The van der Waals surface area contributed by atoms with E-state index in [-0.39, 0.29) is 0 Å². The summed E-state index contributed by atoms with van der Waals surface area (Å²) in [6.45, 7) is 5.43. The van der Waals surface area contributed by atoms with Gasteiger partial charge >= 0.3 is 19.3 Å². The average Bonchev–Trinajstić information content (AvgIpc) is 2.57. The molecule has 0 saturated carbocycles. The Hall–Kier alpha value is -0.615. The van der Waals surface area contributed by atoms with Crippen molar-refractivity contribution < 1.29 is 37.4 Å². The maximum Gasteiger partial charge on any atom is 0.793 e. The molecule has 0 spiro atoms. The predicted octanol–water partition coefficient (Wildman–Crippen LogP) is 0.632. The summed E-state index contributed by atoms with van der Waals surface area (Å²) in [5.41, 5.74) is 0. The van der Waals surface area contributed by atoms with Crippen LogP contribution in [0.2, 0.25) is 0 Å². The minimum Gasteiger partial charge on any atom is -0.471 e. The molecule has 0 N–H and O–H groups in total. The zero-order valence-electron chi connectivity index (χ0n) is 11.9. The number of rotatable bonds is 5. The third-order valence-electron chi connectivity index (χ3n) is 2.42. The fourth-order valence-electron chi connectivity index (χ4n) is 1.55. The normalized spacial score (nSPS) is 21.6. The number of hydrogen-bond donors (Lipinski definition) is 0. The number of carbonyl (C=O) groups is 2. The Morgan fingerprint density at radius 2 is 1.85 bits per heavy atom. The van der Waals surface area contributed by atoms with Crippen molar-refractivity contribution in [3.05, 3.63) is 0 Å². The van der Waals surface area contributed by atoms with Crippen LogP contribution in [0.3, 0.4) is 0 Å². The third-order valence-corrected chi connectivity index (χ3v) is 5.43. The lowest BCUT2D eigenvalue weighted by Gasteiger charge is -2.18. The highest BCUT2D eigenvalue weighted by Gasteiger charge is 2.51. The van der Waals surface area contributed by atoms with Gasteiger partial charge in [-0.05, 0) is 26.7 Å². The van der Waals surface area contributed by atoms with Crippen LogP contribution in [0.25, 0.3) is 0 Å². The molecule has 2 atom stereocenters. The van der Waals surface area contributed by atoms with Gasteiger partial charge in [0.05, 0.1) is 0 Å². The maximum absolute atomic E-state index is 11.8. The lowest BCUT2D eigenvalue weighted by atomic mass is 10.2. The van der Waals surface area contributed by atoms with Crippen LogP contribution in [0.5, 0.6) is 0 Å². The molecule has 0 aliphatic carbocycles. The topological polar surface area (TPSA) is 105 Å². The van der Waals surface area contributed by atoms with Gasteiger partial charge in [-0.3, -0.25) is 9.59 Å². The molecule has 1 aliphatic heterocycles. The zero-order chi connectivity index (χ0) is 15.7. The highest BCUT2D eigenvalue weighted by Crippen LogP contribution is 2.47. The molecule has 0 aromatic rings. The van der Waals surface area contributed by atoms with Gasteiger partial charge in [-0.15, -0.1) is 0 Å². The summed E-state index contributed by atoms with van der Waals surface area (Å²) < 4.78 is 42.8. The van der Waals surface area contributed by atoms with Crippen LogP contribution in [0.4, 0.5) is 0 Å². The van der Waals surface area contributed by atoms with E-state index in [4.69, 9.17) is 14.0 Å². The Labute approximate surface area is 117 Å². The van der Waals surface area contributed by atoms with Crippen LogP contribution in [0, 0.1) is 0 Å². The van der Waals surface area contributed by atoms with E-state index in [1.807, 2.05) is 0 Å². The second kappa shape index (κ2) is 6.02. The molecule has 114 valence electrons. The molecule has 1 heterocycles. The zero-order valence-corrected chi connectivity index (χ0v) is 13.7. The van der Waals surface area contributed by atoms with E-state index in [1.165, 1.54) is 33.8 Å². The Balaban J connectivity index is 2.72. The van der Waals surface area contributed by atoms with Crippen molar-refractivity contribution in [2.75, 3.05) is 33.8 Å². The van der Waals surface area contributed by atoms with Gasteiger partial charge < -0.3 is 27.8 Å². The first-order valence-corrected chi connectivity index (χ1v) is 11.0. The molecule has 1 saturated heterocycles. The Kier molecular flexibility index (Phi) is 5.25. The van der Waals surface area contributed by atoms with Crippen molar-refractivity contribution in [2.24, 2.45) is 0 Å². The maximum atomic E-state index is 11.8. The van der Waals surface area contributed by atoms with Crippen molar-refractivity contribution in [3.8, 4) is 0 Å². The number of carbonyl (C=O) groups excluding carboxylic acids is 2. The lowest BCUT2D eigenvalue weighted by Crippen LogP contribution is -2.33. The molecule has 1 rings (SSSR count). The molecule has 0 aromatic heterocycles. The van der Waals surface area contributed by atoms with E-state index >= 15 is 0 Å². The first-order valence-electron chi connectivity index (χ1n) is 5.65. The van der Waals surface area contributed by atoms with Crippen LogP contribution >= 0.6 is 14.3 Å². The van der Waals surface area contributed by atoms with E-state index in [0.717, 1.165) is 0 Å². The minimum absolute atomic E-state index is 0.860. The lowest BCUT2D eigenvalue weighted by molar-refractivity contribution is -0.144. The van der Waals surface area contributed by atoms with E-state index in [2.05, 4.69) is 4.65 Å². The molecule has 0 amide bonds. The average molecular weight is 326 g/mol. The van der Waals surface area contributed by atoms with Crippen molar-refractivity contribution in [1.82, 2.24) is 0 Å². The molecule has 1 fully saturated rings. The second-order valence-electron chi connectivity index (χ2n) is 5.11.